The van der Waals surface area contributed by atoms with E-state index in [1.807, 2.05) is 7.05 Å². The van der Waals surface area contributed by atoms with Crippen LogP contribution < -0.4 is 10.9 Å². The molecule has 112 valence electrons. The molecular weight excluding hydrogens is 288 g/mol. The maximum absolute atomic E-state index is 12.1. The maximum Gasteiger partial charge on any atom is 0.258 e. The van der Waals surface area contributed by atoms with E-state index in [2.05, 4.69) is 20.2 Å². The van der Waals surface area contributed by atoms with Gasteiger partial charge < -0.3 is 10.3 Å². The average Bonchev–Trinajstić information content (AvgIpc) is 2.87. The minimum atomic E-state index is -0.122. The van der Waals surface area contributed by atoms with Crippen molar-refractivity contribution < 1.29 is 0 Å². The zero-order valence-electron chi connectivity index (χ0n) is 12.0. The second-order valence-electron chi connectivity index (χ2n) is 5.62. The molecule has 1 unspecified atom stereocenters. The van der Waals surface area contributed by atoms with Gasteiger partial charge in [0.05, 0.1) is 17.4 Å². The summed E-state index contributed by atoms with van der Waals surface area (Å²) in [7, 11) is 1.98. The summed E-state index contributed by atoms with van der Waals surface area (Å²) >= 11 is 5.92. The molecule has 1 atom stereocenters. The van der Waals surface area contributed by atoms with E-state index in [-0.39, 0.29) is 5.56 Å². The summed E-state index contributed by atoms with van der Waals surface area (Å²) in [6.45, 7) is 3.82. The first-order valence-corrected chi connectivity index (χ1v) is 7.59. The SMILES string of the molecule is CNCC1CCN(Cc2nc3ccc(Cl)cc3c(=O)[nH]2)C1. The summed E-state index contributed by atoms with van der Waals surface area (Å²) in [6.07, 6.45) is 1.19. The molecule has 2 heterocycles. The lowest BCUT2D eigenvalue weighted by molar-refractivity contribution is 0.307. The smallest absolute Gasteiger partial charge is 0.258 e. The minimum Gasteiger partial charge on any atom is -0.319 e. The summed E-state index contributed by atoms with van der Waals surface area (Å²) in [5.74, 6) is 1.40. The van der Waals surface area contributed by atoms with Crippen LogP contribution in [0.1, 0.15) is 12.2 Å². The van der Waals surface area contributed by atoms with Gasteiger partial charge in [-0.3, -0.25) is 9.69 Å². The standard InChI is InChI=1S/C15H19ClN4O/c1-17-7-10-4-5-20(8-10)9-14-18-13-3-2-11(16)6-12(13)15(21)19-14/h2-3,6,10,17H,4-5,7-9H2,1H3,(H,18,19,21). The first-order chi connectivity index (χ1) is 10.2. The number of aromatic amines is 1. The monoisotopic (exact) mass is 306 g/mol. The summed E-state index contributed by atoms with van der Waals surface area (Å²) < 4.78 is 0. The Hall–Kier alpha value is -1.43. The van der Waals surface area contributed by atoms with Crippen molar-refractivity contribution in [3.05, 3.63) is 39.4 Å². The Kier molecular flexibility index (Phi) is 4.24. The van der Waals surface area contributed by atoms with Gasteiger partial charge in [-0.05, 0) is 50.7 Å². The Bertz CT molecular complexity index is 700. The zero-order chi connectivity index (χ0) is 14.8. The predicted molar refractivity (Wildman–Crippen MR) is 84.7 cm³/mol. The third-order valence-electron chi connectivity index (χ3n) is 3.95. The number of aromatic nitrogens is 2. The van der Waals surface area contributed by atoms with Crippen LogP contribution in [0.5, 0.6) is 0 Å². The van der Waals surface area contributed by atoms with Gasteiger partial charge >= 0.3 is 0 Å². The van der Waals surface area contributed by atoms with Crippen molar-refractivity contribution in [3.63, 3.8) is 0 Å². The highest BCUT2D eigenvalue weighted by Gasteiger charge is 2.22. The van der Waals surface area contributed by atoms with Gasteiger partial charge in [0.2, 0.25) is 0 Å². The first kappa shape index (κ1) is 14.5. The van der Waals surface area contributed by atoms with E-state index in [0.29, 0.717) is 28.4 Å². The topological polar surface area (TPSA) is 61.0 Å². The Morgan fingerprint density at radius 2 is 2.38 bits per heavy atom. The molecule has 0 aliphatic carbocycles. The lowest BCUT2D eigenvalue weighted by Crippen LogP contribution is -2.26. The van der Waals surface area contributed by atoms with E-state index in [0.717, 1.165) is 25.5 Å². The molecule has 1 aliphatic rings. The van der Waals surface area contributed by atoms with Crippen LogP contribution in [-0.2, 0) is 6.54 Å². The highest BCUT2D eigenvalue weighted by atomic mass is 35.5. The van der Waals surface area contributed by atoms with Crippen molar-refractivity contribution in [1.82, 2.24) is 20.2 Å². The van der Waals surface area contributed by atoms with Gasteiger partial charge in [0.1, 0.15) is 5.82 Å². The normalized spacial score (nSPS) is 19.4. The third kappa shape index (κ3) is 3.26. The molecule has 1 aromatic carbocycles. The van der Waals surface area contributed by atoms with E-state index in [4.69, 9.17) is 11.6 Å². The molecule has 0 spiro atoms. The molecule has 21 heavy (non-hydrogen) atoms. The van der Waals surface area contributed by atoms with E-state index < -0.39 is 0 Å². The van der Waals surface area contributed by atoms with Crippen molar-refractivity contribution in [2.75, 3.05) is 26.7 Å². The fourth-order valence-corrected chi connectivity index (χ4v) is 3.13. The number of hydrogen-bond acceptors (Lipinski definition) is 4. The number of hydrogen-bond donors (Lipinski definition) is 2. The van der Waals surface area contributed by atoms with Crippen LogP contribution in [0.2, 0.25) is 5.02 Å². The van der Waals surface area contributed by atoms with Crippen molar-refractivity contribution in [2.45, 2.75) is 13.0 Å². The molecule has 0 amide bonds. The van der Waals surface area contributed by atoms with Gasteiger partial charge in [0.25, 0.3) is 5.56 Å². The maximum atomic E-state index is 12.1. The molecule has 1 fully saturated rings. The number of nitrogens with one attached hydrogen (secondary N) is 2. The number of nitrogens with zero attached hydrogens (tertiary/aromatic N) is 2. The molecule has 3 rings (SSSR count). The van der Waals surface area contributed by atoms with Gasteiger partial charge in [-0.25, -0.2) is 4.98 Å². The highest BCUT2D eigenvalue weighted by Crippen LogP contribution is 2.18. The molecule has 2 N–H and O–H groups in total. The second kappa shape index (κ2) is 6.13. The fraction of sp³-hybridized carbons (Fsp3) is 0.467. The van der Waals surface area contributed by atoms with Crippen LogP contribution in [0.4, 0.5) is 0 Å². The number of halogens is 1. The van der Waals surface area contributed by atoms with Crippen LogP contribution >= 0.6 is 11.6 Å². The van der Waals surface area contributed by atoms with E-state index in [1.54, 1.807) is 18.2 Å². The largest absolute Gasteiger partial charge is 0.319 e. The number of H-pyrrole nitrogens is 1. The molecule has 1 saturated heterocycles. The van der Waals surface area contributed by atoms with Crippen LogP contribution in [0, 0.1) is 5.92 Å². The van der Waals surface area contributed by atoms with Gasteiger partial charge in [-0.2, -0.15) is 0 Å². The minimum absolute atomic E-state index is 0.122. The quantitative estimate of drug-likeness (QED) is 0.901. The fourth-order valence-electron chi connectivity index (χ4n) is 2.96. The second-order valence-corrected chi connectivity index (χ2v) is 6.06. The lowest BCUT2D eigenvalue weighted by atomic mass is 10.1. The van der Waals surface area contributed by atoms with Crippen molar-refractivity contribution in [2.24, 2.45) is 5.92 Å². The van der Waals surface area contributed by atoms with E-state index in [9.17, 15) is 4.79 Å². The average molecular weight is 307 g/mol. The number of rotatable bonds is 4. The molecule has 0 radical (unpaired) electrons. The van der Waals surface area contributed by atoms with Crippen molar-refractivity contribution in [3.8, 4) is 0 Å². The Morgan fingerprint density at radius 1 is 1.52 bits per heavy atom. The highest BCUT2D eigenvalue weighted by molar-refractivity contribution is 6.31. The molecule has 5 nitrogen and oxygen atoms in total. The van der Waals surface area contributed by atoms with Gasteiger partial charge in [-0.1, -0.05) is 11.6 Å². The Labute approximate surface area is 128 Å². The molecule has 0 bridgehead atoms. The van der Waals surface area contributed by atoms with Gasteiger partial charge in [0.15, 0.2) is 0 Å². The van der Waals surface area contributed by atoms with Crippen molar-refractivity contribution in [1.29, 1.82) is 0 Å². The Morgan fingerprint density at radius 3 is 3.19 bits per heavy atom. The van der Waals surface area contributed by atoms with Crippen LogP contribution in [0.15, 0.2) is 23.0 Å². The Balaban J connectivity index is 1.79. The summed E-state index contributed by atoms with van der Waals surface area (Å²) in [5, 5.41) is 4.32. The summed E-state index contributed by atoms with van der Waals surface area (Å²) in [4.78, 5) is 21.9. The zero-order valence-corrected chi connectivity index (χ0v) is 12.8. The summed E-state index contributed by atoms with van der Waals surface area (Å²) in [6, 6.07) is 5.22. The molecule has 1 aromatic heterocycles. The van der Waals surface area contributed by atoms with Gasteiger partial charge in [0, 0.05) is 11.6 Å². The van der Waals surface area contributed by atoms with Gasteiger partial charge in [-0.15, -0.1) is 0 Å². The lowest BCUT2D eigenvalue weighted by Gasteiger charge is -2.15. The van der Waals surface area contributed by atoms with Crippen LogP contribution in [0.25, 0.3) is 10.9 Å². The predicted octanol–water partition coefficient (Wildman–Crippen LogP) is 1.62. The first-order valence-electron chi connectivity index (χ1n) is 7.21. The number of benzene rings is 1. The van der Waals surface area contributed by atoms with Crippen molar-refractivity contribution >= 4 is 22.5 Å². The molecule has 1 aliphatic heterocycles. The number of fused-ring (bicyclic) bond motifs is 1. The van der Waals surface area contributed by atoms with E-state index >= 15 is 0 Å². The third-order valence-corrected chi connectivity index (χ3v) is 4.19. The van der Waals surface area contributed by atoms with E-state index in [1.165, 1.54) is 6.42 Å². The molecule has 6 heteroatoms. The van der Waals surface area contributed by atoms with Crippen LogP contribution in [-0.4, -0.2) is 41.5 Å². The molecular formula is C15H19ClN4O. The summed E-state index contributed by atoms with van der Waals surface area (Å²) in [5.41, 5.74) is 0.576. The number of likely N-dealkylation sites (tertiary alicyclic amines) is 1. The van der Waals surface area contributed by atoms with Crippen LogP contribution in [0.3, 0.4) is 0 Å². The molecule has 0 saturated carbocycles. The molecule has 2 aromatic rings.